The molecule has 1 amide bonds. The number of rotatable bonds is 4. The van der Waals surface area contributed by atoms with E-state index in [1.807, 2.05) is 67.6 Å². The van der Waals surface area contributed by atoms with Gasteiger partial charge in [0.05, 0.1) is 18.9 Å². The van der Waals surface area contributed by atoms with Gasteiger partial charge in [0.15, 0.2) is 5.76 Å². The Hall–Kier alpha value is -4.00. The number of nitrogens with one attached hydrogen (secondary N) is 2. The number of benzene rings is 2. The highest BCUT2D eigenvalue weighted by molar-refractivity contribution is 6.12. The minimum Gasteiger partial charge on any atom is -0.497 e. The van der Waals surface area contributed by atoms with E-state index >= 15 is 0 Å². The summed E-state index contributed by atoms with van der Waals surface area (Å²) in [6.45, 7) is 1.89. The van der Waals surface area contributed by atoms with E-state index in [9.17, 15) is 4.79 Å². The second kappa shape index (κ2) is 7.11. The van der Waals surface area contributed by atoms with Crippen LogP contribution in [-0.4, -0.2) is 23.2 Å². The van der Waals surface area contributed by atoms with Crippen molar-refractivity contribution in [3.05, 3.63) is 83.7 Å². The zero-order valence-corrected chi connectivity index (χ0v) is 16.5. The number of hydrogen-bond donors (Lipinski definition) is 2. The fourth-order valence-electron chi connectivity index (χ4n) is 3.75. The lowest BCUT2D eigenvalue weighted by molar-refractivity contribution is 0.0975. The maximum atomic E-state index is 13.5. The second-order valence-corrected chi connectivity index (χ2v) is 7.08. The van der Waals surface area contributed by atoms with E-state index in [1.54, 1.807) is 18.2 Å². The van der Waals surface area contributed by atoms with Crippen LogP contribution in [0.3, 0.4) is 0 Å². The number of aryl methyl sites for hydroxylation is 1. The standard InChI is InChI=1S/C23H20N4O3/c1-14-7-12-20(30-14)21-18(13-24-26-21)22-25-19-6-4-3-5-17(19)23(28)27(22)15-8-10-16(29-2)11-9-15/h3-13,22,25H,1-2H3,(H,24,26). The van der Waals surface area contributed by atoms with Gasteiger partial charge in [-0.15, -0.1) is 0 Å². The molecule has 7 nitrogen and oxygen atoms in total. The highest BCUT2D eigenvalue weighted by atomic mass is 16.5. The number of H-pyrrole nitrogens is 1. The van der Waals surface area contributed by atoms with Gasteiger partial charge in [0.25, 0.3) is 5.91 Å². The first-order valence-electron chi connectivity index (χ1n) is 9.59. The lowest BCUT2D eigenvalue weighted by Crippen LogP contribution is -2.43. The van der Waals surface area contributed by atoms with Gasteiger partial charge in [0.2, 0.25) is 0 Å². The lowest BCUT2D eigenvalue weighted by atomic mass is 10.0. The maximum Gasteiger partial charge on any atom is 0.262 e. The van der Waals surface area contributed by atoms with E-state index < -0.39 is 6.17 Å². The molecule has 30 heavy (non-hydrogen) atoms. The Balaban J connectivity index is 1.65. The number of para-hydroxylation sites is 1. The lowest BCUT2D eigenvalue weighted by Gasteiger charge is -2.37. The number of aromatic nitrogens is 2. The quantitative estimate of drug-likeness (QED) is 0.516. The van der Waals surface area contributed by atoms with Crippen LogP contribution in [0.5, 0.6) is 5.75 Å². The number of methoxy groups -OCH3 is 1. The fraction of sp³-hybridized carbons (Fsp3) is 0.130. The molecule has 4 aromatic rings. The minimum atomic E-state index is -0.472. The number of furan rings is 1. The largest absolute Gasteiger partial charge is 0.497 e. The number of ether oxygens (including phenoxy) is 1. The first-order valence-corrected chi connectivity index (χ1v) is 9.59. The SMILES string of the molecule is COc1ccc(N2C(=O)c3ccccc3NC2c2cn[nH]c2-c2ccc(C)o2)cc1. The van der Waals surface area contributed by atoms with Crippen LogP contribution in [0, 0.1) is 6.92 Å². The second-order valence-electron chi connectivity index (χ2n) is 7.08. The summed E-state index contributed by atoms with van der Waals surface area (Å²) in [5, 5.41) is 10.8. The van der Waals surface area contributed by atoms with Crippen molar-refractivity contribution >= 4 is 17.3 Å². The Morgan fingerprint density at radius 3 is 2.60 bits per heavy atom. The average Bonchev–Trinajstić information content (AvgIpc) is 3.43. The number of nitrogens with zero attached hydrogens (tertiary/aromatic N) is 2. The van der Waals surface area contributed by atoms with Gasteiger partial charge < -0.3 is 14.5 Å². The predicted molar refractivity (Wildman–Crippen MR) is 114 cm³/mol. The molecule has 2 aromatic heterocycles. The molecule has 150 valence electrons. The van der Waals surface area contributed by atoms with Gasteiger partial charge in [-0.05, 0) is 55.5 Å². The third kappa shape index (κ3) is 2.91. The third-order valence-electron chi connectivity index (χ3n) is 5.23. The van der Waals surface area contributed by atoms with Crippen LogP contribution < -0.4 is 15.0 Å². The maximum absolute atomic E-state index is 13.5. The molecule has 0 spiro atoms. The number of amides is 1. The Kier molecular flexibility index (Phi) is 4.28. The van der Waals surface area contributed by atoms with Crippen molar-refractivity contribution in [1.82, 2.24) is 10.2 Å². The molecule has 1 aliphatic rings. The summed E-state index contributed by atoms with van der Waals surface area (Å²) in [7, 11) is 1.62. The van der Waals surface area contributed by atoms with Crippen LogP contribution in [0.2, 0.25) is 0 Å². The average molecular weight is 400 g/mol. The van der Waals surface area contributed by atoms with E-state index in [-0.39, 0.29) is 5.91 Å². The highest BCUT2D eigenvalue weighted by Crippen LogP contribution is 2.39. The van der Waals surface area contributed by atoms with Crippen molar-refractivity contribution in [3.63, 3.8) is 0 Å². The van der Waals surface area contributed by atoms with Gasteiger partial charge in [-0.3, -0.25) is 14.8 Å². The van der Waals surface area contributed by atoms with E-state index in [0.29, 0.717) is 11.3 Å². The van der Waals surface area contributed by atoms with Crippen molar-refractivity contribution in [3.8, 4) is 17.2 Å². The molecule has 2 N–H and O–H groups in total. The number of hydrogen-bond acceptors (Lipinski definition) is 5. The van der Waals surface area contributed by atoms with Crippen molar-refractivity contribution in [2.45, 2.75) is 13.1 Å². The van der Waals surface area contributed by atoms with E-state index in [0.717, 1.165) is 34.1 Å². The molecule has 0 saturated heterocycles. The predicted octanol–water partition coefficient (Wildman–Crippen LogP) is 4.76. The zero-order chi connectivity index (χ0) is 20.7. The third-order valence-corrected chi connectivity index (χ3v) is 5.23. The topological polar surface area (TPSA) is 83.4 Å². The summed E-state index contributed by atoms with van der Waals surface area (Å²) in [6.07, 6.45) is 1.25. The van der Waals surface area contributed by atoms with Crippen molar-refractivity contribution in [1.29, 1.82) is 0 Å². The van der Waals surface area contributed by atoms with E-state index in [1.165, 1.54) is 0 Å². The number of carbonyl (C=O) groups is 1. The molecular formula is C23H20N4O3. The fourth-order valence-corrected chi connectivity index (χ4v) is 3.75. The van der Waals surface area contributed by atoms with E-state index in [4.69, 9.17) is 9.15 Å². The first kappa shape index (κ1) is 18.1. The number of anilines is 2. The smallest absolute Gasteiger partial charge is 0.262 e. The van der Waals surface area contributed by atoms with Crippen LogP contribution in [-0.2, 0) is 0 Å². The van der Waals surface area contributed by atoms with Crippen LogP contribution in [0.25, 0.3) is 11.5 Å². The molecule has 2 aromatic carbocycles. The monoisotopic (exact) mass is 400 g/mol. The molecule has 3 heterocycles. The molecule has 0 aliphatic carbocycles. The Bertz CT molecular complexity index is 1210. The summed E-state index contributed by atoms with van der Waals surface area (Å²) in [5.74, 6) is 2.10. The Morgan fingerprint density at radius 2 is 1.87 bits per heavy atom. The molecule has 0 saturated carbocycles. The molecule has 7 heteroatoms. The highest BCUT2D eigenvalue weighted by Gasteiger charge is 2.36. The van der Waals surface area contributed by atoms with Gasteiger partial charge in [0, 0.05) is 16.9 Å². The summed E-state index contributed by atoms with van der Waals surface area (Å²) in [4.78, 5) is 15.3. The summed E-state index contributed by atoms with van der Waals surface area (Å²) in [5.41, 5.74) is 3.67. The zero-order valence-electron chi connectivity index (χ0n) is 16.5. The molecule has 0 fully saturated rings. The van der Waals surface area contributed by atoms with Gasteiger partial charge in [0.1, 0.15) is 23.4 Å². The summed E-state index contributed by atoms with van der Waals surface area (Å²) >= 11 is 0. The molecule has 1 unspecified atom stereocenters. The Morgan fingerprint density at radius 1 is 1.07 bits per heavy atom. The Labute approximate surface area is 173 Å². The van der Waals surface area contributed by atoms with Crippen LogP contribution in [0.4, 0.5) is 11.4 Å². The molecular weight excluding hydrogens is 380 g/mol. The molecule has 1 aliphatic heterocycles. The molecule has 5 rings (SSSR count). The van der Waals surface area contributed by atoms with Crippen LogP contribution in [0.15, 0.2) is 71.3 Å². The van der Waals surface area contributed by atoms with Crippen molar-refractivity contribution in [2.24, 2.45) is 0 Å². The normalized spacial score (nSPS) is 15.6. The summed E-state index contributed by atoms with van der Waals surface area (Å²) < 4.78 is 11.1. The van der Waals surface area contributed by atoms with Gasteiger partial charge >= 0.3 is 0 Å². The van der Waals surface area contributed by atoms with Gasteiger partial charge in [-0.2, -0.15) is 5.10 Å². The van der Waals surface area contributed by atoms with Gasteiger partial charge in [-0.25, -0.2) is 0 Å². The molecule has 1 atom stereocenters. The van der Waals surface area contributed by atoms with Gasteiger partial charge in [-0.1, -0.05) is 12.1 Å². The first-order chi connectivity index (χ1) is 14.7. The summed E-state index contributed by atoms with van der Waals surface area (Å²) in [6, 6.07) is 18.7. The minimum absolute atomic E-state index is 0.0951. The van der Waals surface area contributed by atoms with Crippen LogP contribution in [0.1, 0.15) is 27.8 Å². The van der Waals surface area contributed by atoms with E-state index in [2.05, 4.69) is 15.5 Å². The molecule has 0 radical (unpaired) electrons. The molecule has 0 bridgehead atoms. The van der Waals surface area contributed by atoms with Crippen LogP contribution >= 0.6 is 0 Å². The van der Waals surface area contributed by atoms with Crippen molar-refractivity contribution < 1.29 is 13.9 Å². The number of carbonyl (C=O) groups excluding carboxylic acids is 1. The van der Waals surface area contributed by atoms with Crippen molar-refractivity contribution in [2.75, 3.05) is 17.3 Å². The number of fused-ring (bicyclic) bond motifs is 1. The number of aromatic amines is 1.